The second kappa shape index (κ2) is 20.4. The average molecular weight is 133 g/mol. The van der Waals surface area contributed by atoms with Crippen molar-refractivity contribution < 1.29 is 0 Å². The first-order valence-corrected chi connectivity index (χ1v) is 3.78. The Morgan fingerprint density at radius 2 is 1.20 bits per heavy atom. The molecule has 0 unspecified atom stereocenters. The zero-order valence-corrected chi connectivity index (χ0v) is 5.49. The van der Waals surface area contributed by atoms with Crippen LogP contribution in [0.4, 0.5) is 0 Å². The highest BCUT2D eigenvalue weighted by Gasteiger charge is 1.43. The predicted octanol–water partition coefficient (Wildman–Crippen LogP) is 3.05. The van der Waals surface area contributed by atoms with Crippen molar-refractivity contribution in [2.75, 3.05) is 0 Å². The minimum Gasteiger partial charge on any atom is -0.0683 e. The number of halogens is 2. The lowest BCUT2D eigenvalue weighted by Crippen LogP contribution is -0.856. The van der Waals surface area contributed by atoms with E-state index >= 15 is 0 Å². The molecule has 0 aliphatic carbocycles. The van der Waals surface area contributed by atoms with Crippen molar-refractivity contribution in [1.82, 2.24) is 0 Å². The molecule has 0 atom stereocenters. The van der Waals surface area contributed by atoms with Crippen molar-refractivity contribution in [2.24, 2.45) is 0 Å². The van der Waals surface area contributed by atoms with Gasteiger partial charge in [-0.1, -0.05) is 13.8 Å². The summed E-state index contributed by atoms with van der Waals surface area (Å²) in [6, 6.07) is 0. The Labute approximate surface area is 45.8 Å². The summed E-state index contributed by atoms with van der Waals surface area (Å²) in [5.41, 5.74) is 0. The van der Waals surface area contributed by atoms with Crippen LogP contribution in [0.1, 0.15) is 13.8 Å². The summed E-state index contributed by atoms with van der Waals surface area (Å²) in [5.74, 6) is 0. The predicted molar refractivity (Wildman–Crippen MR) is 30.6 cm³/mol. The fourth-order valence-electron chi connectivity index (χ4n) is 0. The van der Waals surface area contributed by atoms with Gasteiger partial charge in [0, 0.05) is 0 Å². The molecule has 0 aromatic heterocycles. The molecule has 0 amide bonds. The smallest absolute Gasteiger partial charge is 0.0523 e. The van der Waals surface area contributed by atoms with Crippen molar-refractivity contribution in [2.45, 2.75) is 13.8 Å². The van der Waals surface area contributed by atoms with Crippen LogP contribution in [-0.4, -0.2) is 0 Å². The molecule has 0 radical (unpaired) electrons. The molecule has 3 heteroatoms. The molecule has 0 fully saturated rings. The van der Waals surface area contributed by atoms with Crippen LogP contribution in [0, 0.1) is 0 Å². The molecule has 0 spiro atoms. The van der Waals surface area contributed by atoms with Gasteiger partial charge >= 0.3 is 0 Å². The van der Waals surface area contributed by atoms with Gasteiger partial charge in [0.1, 0.15) is 0 Å². The Morgan fingerprint density at radius 3 is 1.20 bits per heavy atom. The second-order valence-electron chi connectivity index (χ2n) is 0.0583. The van der Waals surface area contributed by atoms with E-state index in [1.54, 1.807) is 0 Å². The molecule has 0 rings (SSSR count). The summed E-state index contributed by atoms with van der Waals surface area (Å²) in [6.07, 6.45) is 0. The lowest BCUT2D eigenvalue weighted by molar-refractivity contribution is 1.50. The maximum absolute atomic E-state index is 4.68. The molecule has 0 bridgehead atoms. The van der Waals surface area contributed by atoms with E-state index in [2.05, 4.69) is 21.4 Å². The van der Waals surface area contributed by atoms with Gasteiger partial charge in [0.2, 0.25) is 0 Å². The lowest BCUT2D eigenvalue weighted by Gasteiger charge is -1.40. The summed E-state index contributed by atoms with van der Waals surface area (Å²) in [5, 5.41) is 0. The van der Waals surface area contributed by atoms with Crippen molar-refractivity contribution in [3.63, 3.8) is 0 Å². The minimum atomic E-state index is 0.694. The van der Waals surface area contributed by atoms with Crippen molar-refractivity contribution in [1.29, 1.82) is 0 Å². The van der Waals surface area contributed by atoms with Crippen LogP contribution in [0.3, 0.4) is 0 Å². The zero-order valence-electron chi connectivity index (χ0n) is 3.16. The quantitative estimate of drug-likeness (QED) is 0.489. The van der Waals surface area contributed by atoms with Crippen LogP contribution in [-0.2, 0) is 0 Å². The first kappa shape index (κ1) is 9.33. The van der Waals surface area contributed by atoms with Gasteiger partial charge in [-0.15, -0.1) is 0 Å². The summed E-state index contributed by atoms with van der Waals surface area (Å²) in [7, 11) is 10.1. The van der Waals surface area contributed by atoms with E-state index in [-0.39, 0.29) is 0 Å². The normalized spacial score (nSPS) is 4.80. The lowest BCUT2D eigenvalue weighted by atomic mass is 11.0. The summed E-state index contributed by atoms with van der Waals surface area (Å²) >= 11 is 0. The average Bonchev–Trinajstić information content (AvgIpc) is 1.46. The van der Waals surface area contributed by atoms with E-state index in [0.29, 0.717) is 10.2 Å². The number of hydrogen-bond acceptors (Lipinski definition) is 1. The molecule has 34 valence electrons. The van der Waals surface area contributed by atoms with Crippen LogP contribution in [0.15, 0.2) is 0 Å². The number of rotatable bonds is 0. The SMILES string of the molecule is CC.ClSCl. The van der Waals surface area contributed by atoms with E-state index in [1.165, 1.54) is 0 Å². The Hall–Kier alpha value is 0.930. The number of hydrogen-bond donors (Lipinski definition) is 0. The van der Waals surface area contributed by atoms with Crippen LogP contribution in [0.5, 0.6) is 0 Å². The van der Waals surface area contributed by atoms with Crippen molar-refractivity contribution in [3.8, 4) is 0 Å². The van der Waals surface area contributed by atoms with Crippen molar-refractivity contribution >= 4 is 31.6 Å². The summed E-state index contributed by atoms with van der Waals surface area (Å²) in [6.45, 7) is 4.00. The Bertz CT molecular complexity index is 7.61. The summed E-state index contributed by atoms with van der Waals surface area (Å²) in [4.78, 5) is 0. The minimum absolute atomic E-state index is 0.694. The van der Waals surface area contributed by atoms with E-state index < -0.39 is 0 Å². The van der Waals surface area contributed by atoms with Crippen molar-refractivity contribution in [3.05, 3.63) is 0 Å². The fraction of sp³-hybridized carbons (Fsp3) is 1.00. The van der Waals surface area contributed by atoms with E-state index in [0.717, 1.165) is 0 Å². The molecule has 0 saturated carbocycles. The second-order valence-corrected chi connectivity index (χ2v) is 1.57. The molecular formula is C2H6Cl2S. The molecule has 0 aliphatic heterocycles. The molecule has 0 aliphatic rings. The van der Waals surface area contributed by atoms with Gasteiger partial charge in [0.15, 0.2) is 0 Å². The highest BCUT2D eigenvalue weighted by atomic mass is 36.0. The molecular weight excluding hydrogens is 127 g/mol. The van der Waals surface area contributed by atoms with Gasteiger partial charge in [-0.3, -0.25) is 0 Å². The van der Waals surface area contributed by atoms with Crippen LogP contribution >= 0.6 is 31.6 Å². The molecule has 0 saturated heterocycles. The maximum Gasteiger partial charge on any atom is 0.0523 e. The molecule has 0 nitrogen and oxygen atoms in total. The molecule has 0 heterocycles. The highest BCUT2D eigenvalue weighted by molar-refractivity contribution is 8.38. The van der Waals surface area contributed by atoms with Crippen LogP contribution < -0.4 is 0 Å². The van der Waals surface area contributed by atoms with E-state index in [9.17, 15) is 0 Å². The van der Waals surface area contributed by atoms with Gasteiger partial charge in [-0.05, 0) is 21.4 Å². The highest BCUT2D eigenvalue weighted by Crippen LogP contribution is 2.08. The van der Waals surface area contributed by atoms with Gasteiger partial charge in [-0.25, -0.2) is 0 Å². The first-order valence-electron chi connectivity index (χ1n) is 1.31. The van der Waals surface area contributed by atoms with Gasteiger partial charge < -0.3 is 0 Å². The Morgan fingerprint density at radius 1 is 1.20 bits per heavy atom. The standard InChI is InChI=1S/C2H6.Cl2S/c1-2;1-3-2/h1-2H3;. The topological polar surface area (TPSA) is 0 Å². The fourth-order valence-corrected chi connectivity index (χ4v) is 0. The van der Waals surface area contributed by atoms with Gasteiger partial charge in [-0.2, -0.15) is 0 Å². The maximum atomic E-state index is 4.68. The third-order valence-electron chi connectivity index (χ3n) is 0. The van der Waals surface area contributed by atoms with Crippen LogP contribution in [0.25, 0.3) is 0 Å². The molecule has 0 N–H and O–H groups in total. The van der Waals surface area contributed by atoms with E-state index in [1.807, 2.05) is 13.8 Å². The monoisotopic (exact) mass is 132 g/mol. The zero-order chi connectivity index (χ0) is 4.71. The summed E-state index contributed by atoms with van der Waals surface area (Å²) < 4.78 is 0. The van der Waals surface area contributed by atoms with Gasteiger partial charge in [0.05, 0.1) is 10.2 Å². The first-order chi connectivity index (χ1) is 2.41. The Balaban J connectivity index is 0. The van der Waals surface area contributed by atoms with Crippen LogP contribution in [0.2, 0.25) is 0 Å². The third kappa shape index (κ3) is 48.9. The van der Waals surface area contributed by atoms with Gasteiger partial charge in [0.25, 0.3) is 0 Å². The third-order valence-corrected chi connectivity index (χ3v) is 0. The molecule has 0 aromatic rings. The van der Waals surface area contributed by atoms with E-state index in [4.69, 9.17) is 0 Å². The Kier molecular flexibility index (Phi) is 38.2. The molecule has 5 heavy (non-hydrogen) atoms. The largest absolute Gasteiger partial charge is 0.0683 e. The molecule has 0 aromatic carbocycles.